The van der Waals surface area contributed by atoms with E-state index in [0.717, 1.165) is 0 Å². The summed E-state index contributed by atoms with van der Waals surface area (Å²) in [5.41, 5.74) is -2.62. The highest BCUT2D eigenvalue weighted by Crippen LogP contribution is 2.53. The number of hydrogen-bond acceptors (Lipinski definition) is 2. The van der Waals surface area contributed by atoms with Crippen LogP contribution in [0.5, 0.6) is 5.75 Å². The van der Waals surface area contributed by atoms with Crippen LogP contribution in [-0.2, 0) is 5.67 Å². The molecule has 3 nitrogen and oxygen atoms in total. The predicted octanol–water partition coefficient (Wildman–Crippen LogP) is 3.43. The van der Waals surface area contributed by atoms with Crippen molar-refractivity contribution in [1.82, 2.24) is 0 Å². The van der Waals surface area contributed by atoms with E-state index in [1.807, 2.05) is 0 Å². The van der Waals surface area contributed by atoms with Crippen LogP contribution in [0.25, 0.3) is 0 Å². The molecule has 0 aliphatic heterocycles. The van der Waals surface area contributed by atoms with Crippen LogP contribution in [0.3, 0.4) is 0 Å². The summed E-state index contributed by atoms with van der Waals surface area (Å²) in [6.45, 7) is 0. The second kappa shape index (κ2) is 4.84. The van der Waals surface area contributed by atoms with Gasteiger partial charge in [0, 0.05) is 5.56 Å². The van der Waals surface area contributed by atoms with Crippen LogP contribution in [0.2, 0.25) is 0 Å². The minimum Gasteiger partial charge on any atom is -0.411 e. The van der Waals surface area contributed by atoms with Gasteiger partial charge < -0.3 is 10.5 Å². The van der Waals surface area contributed by atoms with Crippen molar-refractivity contribution in [2.75, 3.05) is 0 Å². The van der Waals surface area contributed by atoms with Crippen LogP contribution in [0, 0.1) is 0 Å². The lowest BCUT2D eigenvalue weighted by Crippen LogP contribution is -2.50. The number of hydrogen-bond donors (Lipinski definition) is 1. The molecule has 112 valence electrons. The Balaban J connectivity index is 3.27. The quantitative estimate of drug-likeness (QED) is 0.851. The third-order valence-corrected chi connectivity index (χ3v) is 2.25. The molecule has 10 heteroatoms. The zero-order valence-electron chi connectivity index (χ0n) is 9.35. The zero-order valence-corrected chi connectivity index (χ0v) is 9.35. The molecule has 0 unspecified atom stereocenters. The summed E-state index contributed by atoms with van der Waals surface area (Å²) in [6.07, 6.45) is -13.7. The van der Waals surface area contributed by atoms with Gasteiger partial charge >= 0.3 is 24.1 Å². The molecule has 0 fully saturated rings. The molecule has 0 bridgehead atoms. The number of rotatable bonds is 2. The molecule has 1 rings (SSSR count). The van der Waals surface area contributed by atoms with Crippen LogP contribution in [0.15, 0.2) is 24.3 Å². The Bertz CT molecular complexity index is 478. The fourth-order valence-electron chi connectivity index (χ4n) is 1.36. The van der Waals surface area contributed by atoms with Crippen molar-refractivity contribution in [2.24, 2.45) is 5.73 Å². The number of nitrogens with two attached hydrogens (primary N) is 1. The molecule has 0 radical (unpaired) electrons. The minimum atomic E-state index is -6.20. The van der Waals surface area contributed by atoms with Gasteiger partial charge in [0.05, 0.1) is 0 Å². The molecule has 0 aromatic heterocycles. The topological polar surface area (TPSA) is 52.3 Å². The summed E-state index contributed by atoms with van der Waals surface area (Å²) in [4.78, 5) is 10.3. The molecule has 0 atom stereocenters. The molecule has 1 aromatic carbocycles. The van der Waals surface area contributed by atoms with Crippen molar-refractivity contribution < 1.29 is 40.3 Å². The van der Waals surface area contributed by atoms with Crippen molar-refractivity contribution in [2.45, 2.75) is 18.0 Å². The first-order valence-electron chi connectivity index (χ1n) is 4.80. The average Bonchev–Trinajstić information content (AvgIpc) is 2.25. The van der Waals surface area contributed by atoms with Gasteiger partial charge in [-0.25, -0.2) is 9.18 Å². The summed E-state index contributed by atoms with van der Waals surface area (Å²) in [7, 11) is 0. The van der Waals surface area contributed by atoms with E-state index >= 15 is 0 Å². The molecular weight excluding hydrogens is 299 g/mol. The average molecular weight is 305 g/mol. The van der Waals surface area contributed by atoms with Crippen molar-refractivity contribution in [3.05, 3.63) is 29.8 Å². The summed E-state index contributed by atoms with van der Waals surface area (Å²) in [6, 6.07) is 1.54. The van der Waals surface area contributed by atoms with E-state index < -0.39 is 35.4 Å². The summed E-state index contributed by atoms with van der Waals surface area (Å²) in [5, 5.41) is 0. The van der Waals surface area contributed by atoms with Gasteiger partial charge in [-0.1, -0.05) is 12.1 Å². The Morgan fingerprint density at radius 3 is 1.60 bits per heavy atom. The third-order valence-electron chi connectivity index (χ3n) is 2.25. The lowest BCUT2D eigenvalue weighted by Gasteiger charge is -2.30. The molecule has 0 spiro atoms. The lowest BCUT2D eigenvalue weighted by atomic mass is 9.94. The fourth-order valence-corrected chi connectivity index (χ4v) is 1.36. The molecule has 0 aliphatic carbocycles. The Labute approximate surface area is 107 Å². The summed E-state index contributed by atoms with van der Waals surface area (Å²) < 4.78 is 92.1. The van der Waals surface area contributed by atoms with Gasteiger partial charge in [0.2, 0.25) is 0 Å². The Morgan fingerprint density at radius 1 is 0.900 bits per heavy atom. The Kier molecular flexibility index (Phi) is 3.88. The minimum absolute atomic E-state index is 0.208. The van der Waals surface area contributed by atoms with E-state index in [1.165, 1.54) is 0 Å². The Hall–Kier alpha value is -2.00. The van der Waals surface area contributed by atoms with Crippen LogP contribution < -0.4 is 10.5 Å². The number of ether oxygens (including phenoxy) is 1. The molecule has 1 aromatic rings. The first-order chi connectivity index (χ1) is 8.89. The van der Waals surface area contributed by atoms with Gasteiger partial charge in [0.15, 0.2) is 0 Å². The van der Waals surface area contributed by atoms with Gasteiger partial charge in [0.1, 0.15) is 5.75 Å². The van der Waals surface area contributed by atoms with E-state index in [2.05, 4.69) is 10.5 Å². The van der Waals surface area contributed by atoms with Crippen LogP contribution in [-0.4, -0.2) is 18.4 Å². The standard InChI is InChI=1S/C10H6F7NO2/c11-8(9(12,13)14,10(15,16)17)5-1-3-6(4-2-5)20-7(18)19/h1-4H,(H2,18,19). The normalized spacial score (nSPS) is 13.2. The number of carbonyl (C=O) groups excluding carboxylic acids is 1. The third kappa shape index (κ3) is 2.78. The van der Waals surface area contributed by atoms with Gasteiger partial charge in [-0.3, -0.25) is 0 Å². The van der Waals surface area contributed by atoms with Crippen molar-refractivity contribution >= 4 is 6.09 Å². The monoisotopic (exact) mass is 305 g/mol. The van der Waals surface area contributed by atoms with Gasteiger partial charge in [0.25, 0.3) is 0 Å². The predicted molar refractivity (Wildman–Crippen MR) is 51.5 cm³/mol. The lowest BCUT2D eigenvalue weighted by molar-refractivity contribution is -0.348. The maximum atomic E-state index is 13.5. The first kappa shape index (κ1) is 16.1. The summed E-state index contributed by atoms with van der Waals surface area (Å²) >= 11 is 0. The van der Waals surface area contributed by atoms with E-state index in [9.17, 15) is 35.5 Å². The zero-order chi connectivity index (χ0) is 15.8. The van der Waals surface area contributed by atoms with Gasteiger partial charge in [-0.2, -0.15) is 26.3 Å². The molecule has 0 aliphatic rings. The molecule has 20 heavy (non-hydrogen) atoms. The number of alkyl halides is 7. The number of carbonyl (C=O) groups is 1. The van der Waals surface area contributed by atoms with E-state index in [-0.39, 0.29) is 12.1 Å². The highest BCUT2D eigenvalue weighted by atomic mass is 19.4. The van der Waals surface area contributed by atoms with Crippen LogP contribution in [0.1, 0.15) is 5.56 Å². The number of halogens is 7. The number of amides is 1. The largest absolute Gasteiger partial charge is 0.435 e. The molecule has 0 saturated heterocycles. The molecule has 0 saturated carbocycles. The van der Waals surface area contributed by atoms with E-state index in [4.69, 9.17) is 0 Å². The number of benzene rings is 1. The highest BCUT2D eigenvalue weighted by Gasteiger charge is 2.73. The molecule has 2 N–H and O–H groups in total. The van der Waals surface area contributed by atoms with Gasteiger partial charge in [-0.15, -0.1) is 0 Å². The second-order valence-electron chi connectivity index (χ2n) is 3.60. The van der Waals surface area contributed by atoms with Gasteiger partial charge in [-0.05, 0) is 12.1 Å². The smallest absolute Gasteiger partial charge is 0.411 e. The van der Waals surface area contributed by atoms with Crippen LogP contribution in [0.4, 0.5) is 35.5 Å². The van der Waals surface area contributed by atoms with Crippen molar-refractivity contribution in [3.63, 3.8) is 0 Å². The highest BCUT2D eigenvalue weighted by molar-refractivity contribution is 5.68. The number of primary amides is 1. The maximum Gasteiger partial charge on any atom is 0.435 e. The van der Waals surface area contributed by atoms with Crippen LogP contribution >= 0.6 is 0 Å². The molecule has 0 heterocycles. The molecular formula is C10H6F7NO2. The van der Waals surface area contributed by atoms with E-state index in [0.29, 0.717) is 12.1 Å². The molecule has 1 amide bonds. The first-order valence-corrected chi connectivity index (χ1v) is 4.80. The summed E-state index contributed by atoms with van der Waals surface area (Å²) in [5.74, 6) is -0.423. The van der Waals surface area contributed by atoms with Crippen molar-refractivity contribution in [3.8, 4) is 5.75 Å². The maximum absolute atomic E-state index is 13.5. The van der Waals surface area contributed by atoms with Crippen molar-refractivity contribution in [1.29, 1.82) is 0 Å². The Morgan fingerprint density at radius 2 is 1.30 bits per heavy atom. The SMILES string of the molecule is NC(=O)Oc1ccc(C(F)(C(F)(F)F)C(F)(F)F)cc1. The van der Waals surface area contributed by atoms with E-state index in [1.54, 1.807) is 0 Å². The fraction of sp³-hybridized carbons (Fsp3) is 0.300. The second-order valence-corrected chi connectivity index (χ2v) is 3.60.